The molecule has 0 aliphatic carbocycles. The number of fused-ring (bicyclic) bond motifs is 1. The van der Waals surface area contributed by atoms with E-state index < -0.39 is 6.04 Å². The predicted molar refractivity (Wildman–Crippen MR) is 136 cm³/mol. The topological polar surface area (TPSA) is 93.0 Å². The molecule has 0 fully saturated rings. The van der Waals surface area contributed by atoms with Crippen molar-refractivity contribution in [1.82, 2.24) is 25.3 Å². The Hall–Kier alpha value is -4.07. The fraction of sp³-hybridized carbons (Fsp3) is 0.296. The van der Waals surface area contributed by atoms with Crippen LogP contribution in [0.15, 0.2) is 73.1 Å². The highest BCUT2D eigenvalue weighted by Crippen LogP contribution is 2.29. The highest BCUT2D eigenvalue weighted by atomic mass is 16.2. The summed E-state index contributed by atoms with van der Waals surface area (Å²) < 4.78 is 1.57. The van der Waals surface area contributed by atoms with Gasteiger partial charge in [0, 0.05) is 24.6 Å². The van der Waals surface area contributed by atoms with Crippen LogP contribution in [0.1, 0.15) is 37.4 Å². The zero-order valence-corrected chi connectivity index (χ0v) is 20.3. The van der Waals surface area contributed by atoms with Crippen molar-refractivity contribution in [2.24, 2.45) is 5.92 Å². The second-order valence-corrected chi connectivity index (χ2v) is 8.99. The Kier molecular flexibility index (Phi) is 7.50. The first-order valence-electron chi connectivity index (χ1n) is 11.8. The van der Waals surface area contributed by atoms with Crippen molar-refractivity contribution >= 4 is 28.5 Å². The summed E-state index contributed by atoms with van der Waals surface area (Å²) in [6.07, 6.45) is 4.11. The van der Waals surface area contributed by atoms with E-state index in [4.69, 9.17) is 0 Å². The number of nitrogens with zero attached hydrogens (tertiary/aromatic N) is 5. The molecule has 2 heterocycles. The van der Waals surface area contributed by atoms with Crippen LogP contribution < -0.4 is 10.2 Å². The van der Waals surface area contributed by atoms with E-state index in [1.54, 1.807) is 34.1 Å². The summed E-state index contributed by atoms with van der Waals surface area (Å²) in [4.78, 5) is 33.1. The number of nitrogens with one attached hydrogen (secondary N) is 1. The number of aryl methyl sites for hydroxylation is 1. The highest BCUT2D eigenvalue weighted by molar-refractivity contribution is 6.01. The number of hydrogen-bond acceptors (Lipinski definition) is 5. The third kappa shape index (κ3) is 5.71. The van der Waals surface area contributed by atoms with Crippen molar-refractivity contribution in [2.45, 2.75) is 39.8 Å². The van der Waals surface area contributed by atoms with Gasteiger partial charge in [-0.2, -0.15) is 0 Å². The lowest BCUT2D eigenvalue weighted by atomic mass is 10.0. The molecule has 0 saturated carbocycles. The molecule has 2 aromatic heterocycles. The molecule has 4 rings (SSSR count). The molecule has 0 aliphatic heterocycles. The molecule has 0 aliphatic rings. The Morgan fingerprint density at radius 3 is 2.43 bits per heavy atom. The molecule has 8 heteroatoms. The van der Waals surface area contributed by atoms with E-state index in [0.717, 1.165) is 17.5 Å². The van der Waals surface area contributed by atoms with Crippen LogP contribution in [-0.4, -0.2) is 38.3 Å². The number of pyridine rings is 1. The van der Waals surface area contributed by atoms with Gasteiger partial charge >= 0.3 is 0 Å². The van der Waals surface area contributed by atoms with Gasteiger partial charge in [0.05, 0.1) is 5.52 Å². The normalized spacial score (nSPS) is 12.0. The van der Waals surface area contributed by atoms with Gasteiger partial charge < -0.3 is 5.32 Å². The van der Waals surface area contributed by atoms with Crippen molar-refractivity contribution in [3.05, 3.63) is 84.2 Å². The molecule has 0 unspecified atom stereocenters. The van der Waals surface area contributed by atoms with E-state index in [0.29, 0.717) is 29.2 Å². The smallest absolute Gasteiger partial charge is 0.249 e. The number of hydrogen-bond donors (Lipinski definition) is 1. The van der Waals surface area contributed by atoms with Gasteiger partial charge in [-0.15, -0.1) is 5.10 Å². The van der Waals surface area contributed by atoms with Crippen molar-refractivity contribution in [1.29, 1.82) is 0 Å². The number of rotatable bonds is 9. The van der Waals surface area contributed by atoms with E-state index in [-0.39, 0.29) is 18.4 Å². The molecule has 2 amide bonds. The first-order chi connectivity index (χ1) is 16.9. The largest absolute Gasteiger partial charge is 0.354 e. The average Bonchev–Trinajstić information content (AvgIpc) is 3.26. The number of amides is 2. The van der Waals surface area contributed by atoms with Crippen LogP contribution in [0.25, 0.3) is 11.0 Å². The lowest BCUT2D eigenvalue weighted by Crippen LogP contribution is -2.45. The van der Waals surface area contributed by atoms with Crippen LogP contribution in [0.4, 0.5) is 5.69 Å². The summed E-state index contributed by atoms with van der Waals surface area (Å²) in [5.74, 6) is -0.0651. The minimum atomic E-state index is -0.866. The fourth-order valence-corrected chi connectivity index (χ4v) is 3.93. The monoisotopic (exact) mass is 470 g/mol. The second kappa shape index (κ2) is 10.9. The van der Waals surface area contributed by atoms with E-state index in [1.807, 2.05) is 55.5 Å². The third-order valence-electron chi connectivity index (χ3n) is 5.84. The molecule has 180 valence electrons. The maximum Gasteiger partial charge on any atom is 0.249 e. The maximum absolute atomic E-state index is 13.9. The van der Waals surface area contributed by atoms with Gasteiger partial charge in [0.2, 0.25) is 11.8 Å². The van der Waals surface area contributed by atoms with Gasteiger partial charge in [0.1, 0.15) is 18.1 Å². The average molecular weight is 471 g/mol. The summed E-state index contributed by atoms with van der Waals surface area (Å²) >= 11 is 0. The number of aromatic nitrogens is 4. The Balaban J connectivity index is 1.73. The molecular formula is C27H30N6O2. The van der Waals surface area contributed by atoms with Crippen LogP contribution in [0.5, 0.6) is 0 Å². The van der Waals surface area contributed by atoms with Crippen LogP contribution >= 0.6 is 0 Å². The number of anilines is 1. The van der Waals surface area contributed by atoms with E-state index in [2.05, 4.69) is 34.5 Å². The second-order valence-electron chi connectivity index (χ2n) is 8.99. The maximum atomic E-state index is 13.9. The summed E-state index contributed by atoms with van der Waals surface area (Å²) in [6.45, 7) is 6.67. The number of benzene rings is 2. The van der Waals surface area contributed by atoms with Crippen molar-refractivity contribution < 1.29 is 9.59 Å². The quantitative estimate of drug-likeness (QED) is 0.398. The van der Waals surface area contributed by atoms with Crippen molar-refractivity contribution in [3.63, 3.8) is 0 Å². The van der Waals surface area contributed by atoms with Crippen LogP contribution in [0.2, 0.25) is 0 Å². The van der Waals surface area contributed by atoms with E-state index in [1.165, 1.54) is 0 Å². The van der Waals surface area contributed by atoms with Gasteiger partial charge in [0.15, 0.2) is 0 Å². The Morgan fingerprint density at radius 1 is 1.00 bits per heavy atom. The lowest BCUT2D eigenvalue weighted by Gasteiger charge is -2.31. The Labute approximate surface area is 205 Å². The molecule has 35 heavy (non-hydrogen) atoms. The molecule has 0 bridgehead atoms. The molecule has 0 radical (unpaired) electrons. The van der Waals surface area contributed by atoms with Gasteiger partial charge in [-0.3, -0.25) is 19.5 Å². The SMILES string of the molecule is Cc1ccc(N(C(=O)Cn2nnc3ccccc32)[C@@H](C(=O)NCCC(C)C)c2ccncc2)cc1. The number of para-hydroxylation sites is 1. The highest BCUT2D eigenvalue weighted by Gasteiger charge is 2.33. The first-order valence-corrected chi connectivity index (χ1v) is 11.8. The first kappa shape index (κ1) is 24.1. The van der Waals surface area contributed by atoms with Gasteiger partial charge in [0.25, 0.3) is 0 Å². The molecule has 4 aromatic rings. The molecule has 2 aromatic carbocycles. The zero-order chi connectivity index (χ0) is 24.8. The minimum absolute atomic E-state index is 0.0603. The minimum Gasteiger partial charge on any atom is -0.354 e. The summed E-state index contributed by atoms with van der Waals surface area (Å²) in [7, 11) is 0. The van der Waals surface area contributed by atoms with Crippen LogP contribution in [-0.2, 0) is 16.1 Å². The molecule has 8 nitrogen and oxygen atoms in total. The standard InChI is InChI=1S/C27H30N6O2/c1-19(2)12-17-29-27(35)26(21-13-15-28-16-14-21)33(22-10-8-20(3)9-11-22)25(34)18-32-24-7-5-4-6-23(24)30-31-32/h4-11,13-16,19,26H,12,17-18H2,1-3H3,(H,29,35)/t26-/m1/s1. The van der Waals surface area contributed by atoms with Crippen LogP contribution in [0, 0.1) is 12.8 Å². The van der Waals surface area contributed by atoms with Gasteiger partial charge in [-0.05, 0) is 61.2 Å². The van der Waals surface area contributed by atoms with Crippen LogP contribution in [0.3, 0.4) is 0 Å². The Bertz CT molecular complexity index is 1280. The summed E-state index contributed by atoms with van der Waals surface area (Å²) in [6, 6.07) is 17.7. The molecule has 1 N–H and O–H groups in total. The molecular weight excluding hydrogens is 440 g/mol. The lowest BCUT2D eigenvalue weighted by molar-refractivity contribution is -0.127. The molecule has 0 spiro atoms. The Morgan fingerprint density at radius 2 is 1.71 bits per heavy atom. The van der Waals surface area contributed by atoms with Gasteiger partial charge in [-0.25, -0.2) is 4.68 Å². The van der Waals surface area contributed by atoms with Crippen molar-refractivity contribution in [2.75, 3.05) is 11.4 Å². The summed E-state index contributed by atoms with van der Waals surface area (Å²) in [5.41, 5.74) is 3.83. The zero-order valence-electron chi connectivity index (χ0n) is 20.3. The van der Waals surface area contributed by atoms with E-state index in [9.17, 15) is 9.59 Å². The fourth-order valence-electron chi connectivity index (χ4n) is 3.93. The number of carbonyl (C=O) groups excluding carboxylic acids is 2. The third-order valence-corrected chi connectivity index (χ3v) is 5.84. The van der Waals surface area contributed by atoms with E-state index >= 15 is 0 Å². The molecule has 1 atom stereocenters. The predicted octanol–water partition coefficient (Wildman–Crippen LogP) is 4.07. The van der Waals surface area contributed by atoms with Crippen molar-refractivity contribution in [3.8, 4) is 0 Å². The molecule has 0 saturated heterocycles. The number of carbonyl (C=O) groups is 2. The summed E-state index contributed by atoms with van der Waals surface area (Å²) in [5, 5.41) is 11.4. The van der Waals surface area contributed by atoms with Gasteiger partial charge in [-0.1, -0.05) is 48.9 Å².